The minimum atomic E-state index is -1.14. The lowest BCUT2D eigenvalue weighted by molar-refractivity contribution is -0.286. The van der Waals surface area contributed by atoms with Crippen LogP contribution in [-0.2, 0) is 0 Å². The van der Waals surface area contributed by atoms with E-state index < -0.39 is 11.1 Å². The summed E-state index contributed by atoms with van der Waals surface area (Å²) in [4.78, 5) is 9.93. The van der Waals surface area contributed by atoms with Gasteiger partial charge in [0.25, 0.3) is 0 Å². The predicted molar refractivity (Wildman–Crippen MR) is 34.3 cm³/mol. The van der Waals surface area contributed by atoms with E-state index in [1.807, 2.05) is 0 Å². The molecule has 0 radical (unpaired) electrons. The Morgan fingerprint density at radius 2 is 1.88 bits per heavy atom. The van der Waals surface area contributed by atoms with Crippen LogP contribution in [0.1, 0.15) is 0 Å². The van der Waals surface area contributed by atoms with Gasteiger partial charge >= 0.3 is 0 Å². The molecule has 0 aromatic carbocycles. The first kappa shape index (κ1) is 5.37. The van der Waals surface area contributed by atoms with E-state index in [0.717, 1.165) is 0 Å². The van der Waals surface area contributed by atoms with Crippen molar-refractivity contribution in [3.63, 3.8) is 0 Å². The first-order chi connectivity index (χ1) is 3.80. The Morgan fingerprint density at radius 3 is 2.12 bits per heavy atom. The largest absolute Gasteiger partial charge is 0.252 e. The van der Waals surface area contributed by atoms with Crippen LogP contribution in [0.25, 0.3) is 0 Å². The van der Waals surface area contributed by atoms with Crippen molar-refractivity contribution < 1.29 is 4.33 Å². The zero-order valence-electron chi connectivity index (χ0n) is 4.02. The lowest BCUT2D eigenvalue weighted by Crippen LogP contribution is -1.85. The molecule has 0 amide bonds. The maximum atomic E-state index is 9.93. The van der Waals surface area contributed by atoms with Gasteiger partial charge in [-0.15, -0.1) is 0 Å². The molecule has 44 valence electrons. The van der Waals surface area contributed by atoms with Crippen LogP contribution in [0.2, 0.25) is 0 Å². The Hall–Kier alpha value is -0.770. The quantitative estimate of drug-likeness (QED) is 0.330. The molecule has 0 unspecified atom stereocenters. The molecule has 0 atom stereocenters. The first-order valence-electron chi connectivity index (χ1n) is 2.08. The Kier molecular flexibility index (Phi) is 1.34. The second kappa shape index (κ2) is 2.00. The third-order valence-corrected chi connectivity index (χ3v) is 2.11. The zero-order chi connectivity index (χ0) is 5.98. The molecule has 1 aliphatic rings. The molecule has 1 heterocycles. The maximum absolute atomic E-state index is 9.93. The molecule has 0 spiro atoms. The average molecular weight is 131 g/mol. The van der Waals surface area contributed by atoms with Gasteiger partial charge in [0.15, 0.2) is 0 Å². The summed E-state index contributed by atoms with van der Waals surface area (Å²) < 4.78 is -0.269. The lowest BCUT2D eigenvalue weighted by Gasteiger charge is -1.94. The van der Waals surface area contributed by atoms with E-state index in [2.05, 4.69) is 0 Å². The number of rotatable bonds is 1. The van der Waals surface area contributed by atoms with Gasteiger partial charge in [-0.05, 0) is 0 Å². The lowest BCUT2D eigenvalue weighted by atomic mass is 10.6. The number of nitrogens with zero attached hydrogens (tertiary/aromatic N) is 1. The molecule has 0 aliphatic carbocycles. The second-order valence-electron chi connectivity index (χ2n) is 1.30. The fraction of sp³-hybridized carbons (Fsp3) is 0. The molecule has 0 fully saturated rings. The van der Waals surface area contributed by atoms with Gasteiger partial charge < -0.3 is 0 Å². The van der Waals surface area contributed by atoms with Crippen molar-refractivity contribution in [3.8, 4) is 0 Å². The van der Waals surface area contributed by atoms with E-state index in [-0.39, 0.29) is 4.33 Å². The Morgan fingerprint density at radius 1 is 1.38 bits per heavy atom. The maximum Gasteiger partial charge on any atom is 0.0764 e. The number of hydrogen-bond donors (Lipinski definition) is 1. The highest BCUT2D eigenvalue weighted by molar-refractivity contribution is 8.17. The minimum absolute atomic E-state index is 0.269. The van der Waals surface area contributed by atoms with Gasteiger partial charge in [-0.2, -0.15) is 0 Å². The fourth-order valence-corrected chi connectivity index (χ4v) is 1.30. The molecule has 1 aliphatic heterocycles. The molecule has 3 nitrogen and oxygen atoms in total. The summed E-state index contributed by atoms with van der Waals surface area (Å²) in [6, 6.07) is 0. The van der Waals surface area contributed by atoms with E-state index >= 15 is 0 Å². The van der Waals surface area contributed by atoms with Crippen molar-refractivity contribution >= 4 is 11.1 Å². The van der Waals surface area contributed by atoms with E-state index in [1.54, 1.807) is 23.0 Å². The van der Waals surface area contributed by atoms with Crippen molar-refractivity contribution in [2.24, 2.45) is 0 Å². The van der Waals surface area contributed by atoms with Gasteiger partial charge in [0.05, 0.1) is 15.4 Å². The predicted octanol–water partition coefficient (Wildman–Crippen LogP) is 1.22. The average Bonchev–Trinajstić information content (AvgIpc) is 2.12. The summed E-state index contributed by atoms with van der Waals surface area (Å²) >= 11 is -1.14. The van der Waals surface area contributed by atoms with Crippen molar-refractivity contribution in [3.05, 3.63) is 33.1 Å². The third kappa shape index (κ3) is 0.894. The molecule has 0 N–H and O–H groups in total. The smallest absolute Gasteiger partial charge is 0.0764 e. The summed E-state index contributed by atoms with van der Waals surface area (Å²) in [6.07, 6.45) is 3.41. The summed E-state index contributed by atoms with van der Waals surface area (Å²) in [5, 5.41) is 13.1. The zero-order valence-corrected chi connectivity index (χ0v) is 4.91. The van der Waals surface area contributed by atoms with Crippen LogP contribution in [0, 0.1) is 10.1 Å². The Labute approximate surface area is 49.3 Å². The van der Waals surface area contributed by atoms with Crippen molar-refractivity contribution in [1.82, 2.24) is 0 Å². The van der Waals surface area contributed by atoms with Gasteiger partial charge in [0.1, 0.15) is 0 Å². The second-order valence-corrected chi connectivity index (χ2v) is 2.98. The summed E-state index contributed by atoms with van der Waals surface area (Å²) in [6.45, 7) is 0. The highest BCUT2D eigenvalue weighted by atomic mass is 32.2. The summed E-state index contributed by atoms with van der Waals surface area (Å²) in [5.41, 5.74) is 0. The van der Waals surface area contributed by atoms with E-state index in [9.17, 15) is 10.1 Å². The van der Waals surface area contributed by atoms with E-state index in [0.29, 0.717) is 0 Å². The SMILES string of the molecule is O=[N+]([O-])[SH]1C=CC=C1. The highest BCUT2D eigenvalue weighted by Gasteiger charge is 2.06. The number of hydrogen-bond acceptors (Lipinski definition) is 2. The normalized spacial score (nSPS) is 19.8. The standard InChI is InChI=1S/C4H5NO2S/c6-5(7)8-3-1-2-4-8/h1-4,8H. The van der Waals surface area contributed by atoms with E-state index in [4.69, 9.17) is 0 Å². The fourth-order valence-electron chi connectivity index (χ4n) is 0.434. The van der Waals surface area contributed by atoms with Crippen LogP contribution in [0.3, 0.4) is 0 Å². The molecule has 0 bridgehead atoms. The number of nitro groups is 1. The third-order valence-electron chi connectivity index (χ3n) is 0.777. The van der Waals surface area contributed by atoms with Crippen LogP contribution in [0.5, 0.6) is 0 Å². The molecular weight excluding hydrogens is 126 g/mol. The van der Waals surface area contributed by atoms with Crippen LogP contribution in [0.4, 0.5) is 0 Å². The molecule has 0 saturated carbocycles. The van der Waals surface area contributed by atoms with Crippen molar-refractivity contribution in [1.29, 1.82) is 0 Å². The van der Waals surface area contributed by atoms with Gasteiger partial charge in [-0.25, -0.2) is 0 Å². The van der Waals surface area contributed by atoms with Crippen LogP contribution < -0.4 is 0 Å². The highest BCUT2D eigenvalue weighted by Crippen LogP contribution is 2.31. The van der Waals surface area contributed by atoms with Crippen molar-refractivity contribution in [2.75, 3.05) is 0 Å². The number of allylic oxidation sites excluding steroid dienone is 2. The van der Waals surface area contributed by atoms with Gasteiger partial charge in [0, 0.05) is 10.8 Å². The van der Waals surface area contributed by atoms with Gasteiger partial charge in [-0.3, -0.25) is 10.1 Å². The molecular formula is C4H5NO2S. The summed E-state index contributed by atoms with van der Waals surface area (Å²) in [5.74, 6) is 0. The topological polar surface area (TPSA) is 43.1 Å². The van der Waals surface area contributed by atoms with Crippen molar-refractivity contribution in [2.45, 2.75) is 0 Å². The molecule has 0 aromatic rings. The number of thiol groups is 1. The minimum Gasteiger partial charge on any atom is -0.252 e. The van der Waals surface area contributed by atoms with E-state index in [1.165, 1.54) is 0 Å². The Bertz CT molecular complexity index is 151. The summed E-state index contributed by atoms with van der Waals surface area (Å²) in [7, 11) is 0. The molecule has 4 heteroatoms. The van der Waals surface area contributed by atoms with Crippen LogP contribution in [-0.4, -0.2) is 4.33 Å². The van der Waals surface area contributed by atoms with Gasteiger partial charge in [0.2, 0.25) is 0 Å². The first-order valence-corrected chi connectivity index (χ1v) is 3.51. The monoisotopic (exact) mass is 131 g/mol. The Balaban J connectivity index is 2.62. The molecule has 8 heavy (non-hydrogen) atoms. The van der Waals surface area contributed by atoms with Crippen LogP contribution in [0.15, 0.2) is 23.0 Å². The van der Waals surface area contributed by atoms with Crippen LogP contribution >= 0.6 is 11.1 Å². The van der Waals surface area contributed by atoms with Gasteiger partial charge in [-0.1, -0.05) is 12.2 Å². The molecule has 0 aromatic heterocycles. The molecule has 0 saturated heterocycles. The molecule has 1 rings (SSSR count).